The zero-order valence-electron chi connectivity index (χ0n) is 50.3. The van der Waals surface area contributed by atoms with E-state index in [0.29, 0.717) is 19.3 Å². The maximum Gasteiger partial charge on any atom is 0.306 e. The van der Waals surface area contributed by atoms with Crippen molar-refractivity contribution in [2.75, 3.05) is 13.2 Å². The van der Waals surface area contributed by atoms with Gasteiger partial charge in [0.25, 0.3) is 0 Å². The number of allylic oxidation sites excluding steroid dienone is 14. The number of rotatable bonds is 59. The summed E-state index contributed by atoms with van der Waals surface area (Å²) in [6, 6.07) is 0. The summed E-state index contributed by atoms with van der Waals surface area (Å²) in [6.45, 7) is 6.42. The lowest BCUT2D eigenvalue weighted by molar-refractivity contribution is -0.167. The van der Waals surface area contributed by atoms with Crippen LogP contribution in [0.4, 0.5) is 0 Å². The first-order chi connectivity index (χ1) is 37.5. The van der Waals surface area contributed by atoms with Gasteiger partial charge < -0.3 is 14.2 Å². The maximum atomic E-state index is 12.8. The van der Waals surface area contributed by atoms with Crippen molar-refractivity contribution in [3.05, 3.63) is 85.1 Å². The molecule has 1 unspecified atom stereocenters. The second kappa shape index (κ2) is 64.1. The third kappa shape index (κ3) is 61.4. The molecule has 0 bridgehead atoms. The molecule has 0 aliphatic carbocycles. The van der Waals surface area contributed by atoms with Crippen LogP contribution in [0.25, 0.3) is 0 Å². The van der Waals surface area contributed by atoms with Crippen LogP contribution in [-0.4, -0.2) is 37.2 Å². The molecule has 0 amide bonds. The van der Waals surface area contributed by atoms with Crippen molar-refractivity contribution in [3.63, 3.8) is 0 Å². The van der Waals surface area contributed by atoms with Gasteiger partial charge in [-0.1, -0.05) is 298 Å². The fourth-order valence-electron chi connectivity index (χ4n) is 9.33. The molecule has 0 heterocycles. The first-order valence-corrected chi connectivity index (χ1v) is 32.6. The normalized spacial score (nSPS) is 12.6. The summed E-state index contributed by atoms with van der Waals surface area (Å²) in [5, 5.41) is 0. The summed E-state index contributed by atoms with van der Waals surface area (Å²) < 4.78 is 16.9. The highest BCUT2D eigenvalue weighted by atomic mass is 16.6. The minimum Gasteiger partial charge on any atom is -0.462 e. The van der Waals surface area contributed by atoms with Crippen molar-refractivity contribution < 1.29 is 28.6 Å². The van der Waals surface area contributed by atoms with E-state index in [1.165, 1.54) is 161 Å². The van der Waals surface area contributed by atoms with Gasteiger partial charge in [0.1, 0.15) is 13.2 Å². The lowest BCUT2D eigenvalue weighted by Crippen LogP contribution is -2.30. The molecule has 0 saturated heterocycles. The molecular formula is C70H122O6. The van der Waals surface area contributed by atoms with Gasteiger partial charge in [-0.3, -0.25) is 14.4 Å². The molecule has 1 atom stereocenters. The summed E-state index contributed by atoms with van der Waals surface area (Å²) in [5.41, 5.74) is 0. The molecule has 76 heavy (non-hydrogen) atoms. The number of esters is 3. The largest absolute Gasteiger partial charge is 0.462 e. The van der Waals surface area contributed by atoms with Crippen molar-refractivity contribution in [1.82, 2.24) is 0 Å². The molecule has 0 saturated carbocycles. The average Bonchev–Trinajstić information content (AvgIpc) is 3.42. The summed E-state index contributed by atoms with van der Waals surface area (Å²) in [5.74, 6) is -0.884. The smallest absolute Gasteiger partial charge is 0.306 e. The lowest BCUT2D eigenvalue weighted by atomic mass is 10.0. The molecule has 438 valence electrons. The van der Waals surface area contributed by atoms with Gasteiger partial charge in [-0.15, -0.1) is 0 Å². The monoisotopic (exact) mass is 1060 g/mol. The van der Waals surface area contributed by atoms with E-state index < -0.39 is 6.10 Å². The first kappa shape index (κ1) is 72.6. The number of hydrogen-bond donors (Lipinski definition) is 0. The molecule has 0 aliphatic rings. The molecular weight excluding hydrogens is 937 g/mol. The van der Waals surface area contributed by atoms with Crippen molar-refractivity contribution in [2.45, 2.75) is 329 Å². The van der Waals surface area contributed by atoms with Gasteiger partial charge in [0.05, 0.1) is 0 Å². The van der Waals surface area contributed by atoms with E-state index in [1.807, 2.05) is 0 Å². The van der Waals surface area contributed by atoms with E-state index in [2.05, 4.69) is 106 Å². The van der Waals surface area contributed by atoms with Crippen molar-refractivity contribution in [1.29, 1.82) is 0 Å². The van der Waals surface area contributed by atoms with Crippen LogP contribution in [0.1, 0.15) is 323 Å². The van der Waals surface area contributed by atoms with Gasteiger partial charge in [-0.05, 0) is 89.9 Å². The van der Waals surface area contributed by atoms with Crippen LogP contribution >= 0.6 is 0 Å². The van der Waals surface area contributed by atoms with Crippen LogP contribution in [0, 0.1) is 0 Å². The Kier molecular flexibility index (Phi) is 61.2. The fraction of sp³-hybridized carbons (Fsp3) is 0.757. The van der Waals surface area contributed by atoms with Crippen LogP contribution in [-0.2, 0) is 28.6 Å². The molecule has 0 aromatic heterocycles. The molecule has 0 fully saturated rings. The third-order valence-corrected chi connectivity index (χ3v) is 14.1. The van der Waals surface area contributed by atoms with Crippen LogP contribution in [0.3, 0.4) is 0 Å². The minimum absolute atomic E-state index is 0.0787. The maximum absolute atomic E-state index is 12.8. The Hall–Kier alpha value is -3.41. The molecule has 0 radical (unpaired) electrons. The Balaban J connectivity index is 4.07. The average molecular weight is 1060 g/mol. The highest BCUT2D eigenvalue weighted by Gasteiger charge is 2.19. The molecule has 6 heteroatoms. The molecule has 0 aliphatic heterocycles. The number of unbranched alkanes of at least 4 members (excludes halogenated alkanes) is 34. The number of carbonyl (C=O) groups is 3. The van der Waals surface area contributed by atoms with E-state index >= 15 is 0 Å². The van der Waals surface area contributed by atoms with E-state index in [-0.39, 0.29) is 31.1 Å². The number of ether oxygens (including phenoxy) is 3. The predicted octanol–water partition coefficient (Wildman–Crippen LogP) is 22.3. The molecule has 0 spiro atoms. The third-order valence-electron chi connectivity index (χ3n) is 14.1. The molecule has 0 aromatic rings. The Morgan fingerprint density at radius 3 is 0.803 bits per heavy atom. The van der Waals surface area contributed by atoms with Gasteiger partial charge >= 0.3 is 17.9 Å². The second-order valence-electron chi connectivity index (χ2n) is 21.6. The highest BCUT2D eigenvalue weighted by Crippen LogP contribution is 2.17. The van der Waals surface area contributed by atoms with Crippen LogP contribution < -0.4 is 0 Å². The molecule has 0 N–H and O–H groups in total. The van der Waals surface area contributed by atoms with Crippen molar-refractivity contribution in [2.24, 2.45) is 0 Å². The Morgan fingerprint density at radius 1 is 0.276 bits per heavy atom. The number of hydrogen-bond acceptors (Lipinski definition) is 6. The summed E-state index contributed by atoms with van der Waals surface area (Å²) in [4.78, 5) is 38.2. The Labute approximate surface area is 471 Å². The fourth-order valence-corrected chi connectivity index (χ4v) is 9.33. The van der Waals surface area contributed by atoms with E-state index in [4.69, 9.17) is 14.2 Å². The SMILES string of the molecule is CC/C=C\C/C=C\C/C=C\C/C=C\CCCCCCCCCCCCCCCCCCCCCCC(=O)OCC(COC(=O)CCCCCCCCCCCC)OC(=O)CCCCCCC/C=C\C/C=C\C/C=C\CC. The van der Waals surface area contributed by atoms with E-state index in [9.17, 15) is 14.4 Å². The topological polar surface area (TPSA) is 78.9 Å². The second-order valence-corrected chi connectivity index (χ2v) is 21.6. The van der Waals surface area contributed by atoms with Crippen LogP contribution in [0.15, 0.2) is 85.1 Å². The van der Waals surface area contributed by atoms with Crippen LogP contribution in [0.5, 0.6) is 0 Å². The molecule has 0 aromatic carbocycles. The van der Waals surface area contributed by atoms with Gasteiger partial charge in [0.15, 0.2) is 6.10 Å². The Morgan fingerprint density at radius 2 is 0.513 bits per heavy atom. The van der Waals surface area contributed by atoms with Gasteiger partial charge in [0, 0.05) is 19.3 Å². The van der Waals surface area contributed by atoms with Crippen molar-refractivity contribution >= 4 is 17.9 Å². The first-order valence-electron chi connectivity index (χ1n) is 32.6. The standard InChI is InChI=1S/C70H122O6/c1-4-7-10-13-16-19-22-24-26-27-28-29-30-31-32-33-34-35-36-37-38-39-40-41-42-43-45-46-48-51-54-57-60-63-69(72)75-66-67(65-74-68(71)62-59-56-53-50-21-18-15-12-9-6-3)76-70(73)64-61-58-55-52-49-47-44-25-23-20-17-14-11-8-5-2/h7-8,10-11,16-17,19-20,24-26,28-29,44,67H,4-6,9,12-15,18,21-23,27,30-43,45-66H2,1-3H3/b10-7-,11-8-,19-16-,20-17-,26-24-,29-28-,44-25-. The molecule has 0 rings (SSSR count). The predicted molar refractivity (Wildman–Crippen MR) is 330 cm³/mol. The zero-order valence-corrected chi connectivity index (χ0v) is 50.3. The summed E-state index contributed by atoms with van der Waals surface area (Å²) >= 11 is 0. The van der Waals surface area contributed by atoms with Gasteiger partial charge in [-0.2, -0.15) is 0 Å². The highest BCUT2D eigenvalue weighted by molar-refractivity contribution is 5.71. The van der Waals surface area contributed by atoms with Crippen LogP contribution in [0.2, 0.25) is 0 Å². The van der Waals surface area contributed by atoms with E-state index in [1.54, 1.807) is 0 Å². The lowest BCUT2D eigenvalue weighted by Gasteiger charge is -2.18. The molecule has 6 nitrogen and oxygen atoms in total. The summed E-state index contributed by atoms with van der Waals surface area (Å²) in [7, 11) is 0. The van der Waals surface area contributed by atoms with Crippen molar-refractivity contribution in [3.8, 4) is 0 Å². The summed E-state index contributed by atoms with van der Waals surface area (Å²) in [6.07, 6.45) is 84.8. The van der Waals surface area contributed by atoms with Gasteiger partial charge in [-0.25, -0.2) is 0 Å². The Bertz CT molecular complexity index is 1450. The van der Waals surface area contributed by atoms with Gasteiger partial charge in [0.2, 0.25) is 0 Å². The quantitative estimate of drug-likeness (QED) is 0.0261. The van der Waals surface area contributed by atoms with E-state index in [0.717, 1.165) is 122 Å². The minimum atomic E-state index is -0.781. The number of carbonyl (C=O) groups excluding carboxylic acids is 3. The zero-order chi connectivity index (χ0) is 55.0.